The Labute approximate surface area is 196 Å². The molecule has 0 unspecified atom stereocenters. The molecule has 3 aromatic rings. The third-order valence-corrected chi connectivity index (χ3v) is 5.29. The number of aromatic nitrogens is 2. The number of morpholine rings is 1. The Morgan fingerprint density at radius 2 is 1.97 bits per heavy atom. The van der Waals surface area contributed by atoms with Gasteiger partial charge in [-0.25, -0.2) is 4.98 Å². The van der Waals surface area contributed by atoms with Crippen molar-refractivity contribution in [3.63, 3.8) is 0 Å². The Balaban J connectivity index is 1.64. The smallest absolute Gasteiger partial charge is 0.247 e. The van der Waals surface area contributed by atoms with E-state index in [1.807, 2.05) is 12.1 Å². The maximum Gasteiger partial charge on any atom is 0.247 e. The largest absolute Gasteiger partial charge is 0.506 e. The van der Waals surface area contributed by atoms with E-state index >= 15 is 0 Å². The molecular formula is C24H25N7O3. The molecule has 10 nitrogen and oxygen atoms in total. The van der Waals surface area contributed by atoms with Crippen molar-refractivity contribution >= 4 is 41.0 Å². The highest BCUT2D eigenvalue weighted by Gasteiger charge is 2.17. The molecule has 1 saturated heterocycles. The summed E-state index contributed by atoms with van der Waals surface area (Å²) in [6.45, 7) is 6.11. The molecule has 174 valence electrons. The monoisotopic (exact) mass is 459 g/mol. The zero-order valence-electron chi connectivity index (χ0n) is 18.4. The Kier molecular flexibility index (Phi) is 6.69. The third-order valence-electron chi connectivity index (χ3n) is 5.29. The van der Waals surface area contributed by atoms with Crippen LogP contribution in [0.3, 0.4) is 0 Å². The van der Waals surface area contributed by atoms with Crippen LogP contribution in [0.4, 0.5) is 28.8 Å². The second kappa shape index (κ2) is 10.0. The van der Waals surface area contributed by atoms with Crippen LogP contribution >= 0.6 is 0 Å². The zero-order valence-corrected chi connectivity index (χ0v) is 18.4. The normalized spacial score (nSPS) is 13.2. The van der Waals surface area contributed by atoms with E-state index in [-0.39, 0.29) is 23.4 Å². The molecule has 0 spiro atoms. The van der Waals surface area contributed by atoms with Crippen molar-refractivity contribution in [2.45, 2.75) is 0 Å². The van der Waals surface area contributed by atoms with Crippen LogP contribution in [0.25, 0.3) is 11.3 Å². The number of amides is 1. The Morgan fingerprint density at radius 3 is 2.68 bits per heavy atom. The summed E-state index contributed by atoms with van der Waals surface area (Å²) in [6.07, 6.45) is 2.27. The van der Waals surface area contributed by atoms with Crippen LogP contribution in [-0.2, 0) is 9.53 Å². The van der Waals surface area contributed by atoms with Crippen LogP contribution in [0, 0.1) is 5.41 Å². The van der Waals surface area contributed by atoms with Gasteiger partial charge >= 0.3 is 0 Å². The first-order valence-corrected chi connectivity index (χ1v) is 10.6. The lowest BCUT2D eigenvalue weighted by Gasteiger charge is -2.29. The van der Waals surface area contributed by atoms with Crippen LogP contribution in [-0.4, -0.2) is 53.5 Å². The van der Waals surface area contributed by atoms with Gasteiger partial charge in [-0.05, 0) is 30.3 Å². The van der Waals surface area contributed by atoms with Gasteiger partial charge in [0.2, 0.25) is 11.9 Å². The molecule has 1 aromatic heterocycles. The number of nitrogens with zero attached hydrogens (tertiary/aromatic N) is 3. The number of aromatic hydroxyl groups is 1. The van der Waals surface area contributed by atoms with Gasteiger partial charge in [-0.2, -0.15) is 4.98 Å². The van der Waals surface area contributed by atoms with Crippen LogP contribution in [0.2, 0.25) is 0 Å². The minimum atomic E-state index is -0.339. The van der Waals surface area contributed by atoms with Crippen molar-refractivity contribution < 1.29 is 14.6 Å². The Hall–Kier alpha value is -4.44. The number of rotatable bonds is 7. The van der Waals surface area contributed by atoms with E-state index < -0.39 is 0 Å². The van der Waals surface area contributed by atoms with Gasteiger partial charge in [-0.15, -0.1) is 0 Å². The van der Waals surface area contributed by atoms with Crippen LogP contribution in [0.1, 0.15) is 5.56 Å². The first-order valence-electron chi connectivity index (χ1n) is 10.6. The van der Waals surface area contributed by atoms with Gasteiger partial charge in [0.25, 0.3) is 0 Å². The van der Waals surface area contributed by atoms with Crippen molar-refractivity contribution in [3.8, 4) is 17.0 Å². The number of ether oxygens (including phenoxy) is 1. The van der Waals surface area contributed by atoms with E-state index in [4.69, 9.17) is 15.9 Å². The number of carbonyl (C=O) groups is 1. The summed E-state index contributed by atoms with van der Waals surface area (Å²) >= 11 is 0. The summed E-state index contributed by atoms with van der Waals surface area (Å²) in [6, 6.07) is 12.3. The highest BCUT2D eigenvalue weighted by atomic mass is 16.5. The van der Waals surface area contributed by atoms with Crippen LogP contribution < -0.4 is 21.3 Å². The topological polar surface area (TPSA) is 149 Å². The maximum absolute atomic E-state index is 11.7. The van der Waals surface area contributed by atoms with Gasteiger partial charge in [-0.3, -0.25) is 4.79 Å². The fraction of sp³-hybridized carbons (Fsp3) is 0.167. The lowest BCUT2D eigenvalue weighted by molar-refractivity contribution is -0.111. The fourth-order valence-electron chi connectivity index (χ4n) is 3.64. The predicted molar refractivity (Wildman–Crippen MR) is 133 cm³/mol. The van der Waals surface area contributed by atoms with Gasteiger partial charge in [0.05, 0.1) is 30.2 Å². The van der Waals surface area contributed by atoms with Crippen molar-refractivity contribution in [1.82, 2.24) is 9.97 Å². The minimum Gasteiger partial charge on any atom is -0.506 e. The predicted octanol–water partition coefficient (Wildman–Crippen LogP) is 3.13. The third kappa shape index (κ3) is 4.97. The number of phenolic OH excluding ortho intramolecular Hbond substituents is 1. The number of anilines is 5. The molecule has 1 aliphatic rings. The number of hydrogen-bond acceptors (Lipinski definition) is 9. The van der Waals surface area contributed by atoms with Gasteiger partial charge in [0, 0.05) is 42.3 Å². The van der Waals surface area contributed by atoms with E-state index in [1.54, 1.807) is 30.3 Å². The van der Waals surface area contributed by atoms with Crippen LogP contribution in [0.5, 0.6) is 5.75 Å². The quantitative estimate of drug-likeness (QED) is 0.267. The number of phenols is 1. The zero-order chi connectivity index (χ0) is 24.1. The number of benzene rings is 2. The molecular weight excluding hydrogens is 434 g/mol. The van der Waals surface area contributed by atoms with E-state index in [0.29, 0.717) is 54.5 Å². The van der Waals surface area contributed by atoms with Crippen LogP contribution in [0.15, 0.2) is 55.1 Å². The summed E-state index contributed by atoms with van der Waals surface area (Å²) in [5.74, 6) is 0.116. The molecule has 1 fully saturated rings. The number of nitrogens with two attached hydrogens (primary N) is 1. The van der Waals surface area contributed by atoms with Gasteiger partial charge in [0.1, 0.15) is 11.6 Å². The molecule has 1 aliphatic heterocycles. The number of carbonyl (C=O) groups excluding carboxylic acids is 1. The van der Waals surface area contributed by atoms with E-state index in [1.165, 1.54) is 6.08 Å². The number of nitrogens with one attached hydrogen (secondary N) is 3. The lowest BCUT2D eigenvalue weighted by Crippen LogP contribution is -2.36. The summed E-state index contributed by atoms with van der Waals surface area (Å²) in [4.78, 5) is 22.5. The maximum atomic E-state index is 11.7. The summed E-state index contributed by atoms with van der Waals surface area (Å²) < 4.78 is 5.37. The fourth-order valence-corrected chi connectivity index (χ4v) is 3.64. The molecule has 1 amide bonds. The Bertz CT molecular complexity index is 1240. The summed E-state index contributed by atoms with van der Waals surface area (Å²) in [5, 5.41) is 24.1. The molecule has 2 heterocycles. The summed E-state index contributed by atoms with van der Waals surface area (Å²) in [5.41, 5.74) is 9.40. The molecule has 4 rings (SSSR count). The average molecular weight is 460 g/mol. The Morgan fingerprint density at radius 1 is 1.18 bits per heavy atom. The lowest BCUT2D eigenvalue weighted by atomic mass is 10.1. The molecule has 0 saturated carbocycles. The molecule has 0 aliphatic carbocycles. The second-order valence-corrected chi connectivity index (χ2v) is 7.54. The average Bonchev–Trinajstić information content (AvgIpc) is 2.84. The van der Waals surface area contributed by atoms with Gasteiger partial charge < -0.3 is 36.5 Å². The van der Waals surface area contributed by atoms with Gasteiger partial charge in [-0.1, -0.05) is 18.7 Å². The van der Waals surface area contributed by atoms with E-state index in [9.17, 15) is 9.90 Å². The minimum absolute atomic E-state index is 0.122. The molecule has 6 N–H and O–H groups in total. The van der Waals surface area contributed by atoms with Crippen molar-refractivity contribution in [1.29, 1.82) is 5.41 Å². The van der Waals surface area contributed by atoms with Crippen molar-refractivity contribution in [3.05, 3.63) is 60.7 Å². The molecule has 0 radical (unpaired) electrons. The molecule has 0 bridgehead atoms. The SMILES string of the molecule is C=CC(=O)Nc1cccc(-c2nc(Nc3ccc(N4CCOCC4)c(O)c3)nc(N)c2C=N)c1. The van der Waals surface area contributed by atoms with Crippen molar-refractivity contribution in [2.24, 2.45) is 0 Å². The standard InChI is InChI=1S/C24H25N7O3/c1-2-21(33)27-16-5-3-4-15(12-16)22-18(14-25)23(26)30-24(29-22)28-17-6-7-19(20(32)13-17)31-8-10-34-11-9-31/h2-7,12-14,25,32H,1,8-11H2,(H,27,33)(H3,26,28,29,30). The first kappa shape index (κ1) is 22.7. The molecule has 34 heavy (non-hydrogen) atoms. The van der Waals surface area contributed by atoms with Crippen molar-refractivity contribution in [2.75, 3.05) is 47.6 Å². The number of hydrogen-bond donors (Lipinski definition) is 5. The highest BCUT2D eigenvalue weighted by molar-refractivity contribution is 5.99. The van der Waals surface area contributed by atoms with Gasteiger partial charge in [0.15, 0.2) is 0 Å². The van der Waals surface area contributed by atoms with E-state index in [0.717, 1.165) is 11.9 Å². The molecule has 2 aromatic carbocycles. The molecule has 10 heteroatoms. The second-order valence-electron chi connectivity index (χ2n) is 7.54. The number of nitrogen functional groups attached to an aromatic ring is 1. The highest BCUT2D eigenvalue weighted by Crippen LogP contribution is 2.33. The summed E-state index contributed by atoms with van der Waals surface area (Å²) in [7, 11) is 0. The molecule has 0 atom stereocenters. The first-order chi connectivity index (χ1) is 16.5. The van der Waals surface area contributed by atoms with E-state index in [2.05, 4.69) is 32.1 Å².